The van der Waals surface area contributed by atoms with Crippen LogP contribution in [-0.2, 0) is 0 Å². The lowest BCUT2D eigenvalue weighted by atomic mass is 10.1. The van der Waals surface area contributed by atoms with E-state index in [0.717, 1.165) is 18.5 Å². The molecule has 0 aromatic heterocycles. The molecule has 0 saturated heterocycles. The van der Waals surface area contributed by atoms with Gasteiger partial charge in [-0.05, 0) is 33.0 Å². The van der Waals surface area contributed by atoms with Gasteiger partial charge < -0.3 is 10.6 Å². The predicted octanol–water partition coefficient (Wildman–Crippen LogP) is 1.62. The van der Waals surface area contributed by atoms with Crippen molar-refractivity contribution in [2.45, 2.75) is 25.8 Å². The van der Waals surface area contributed by atoms with E-state index in [2.05, 4.69) is 30.7 Å². The van der Waals surface area contributed by atoms with Crippen molar-refractivity contribution in [2.24, 2.45) is 0 Å². The average molecular weight is 154 g/mol. The molecular formula is C9H18N2. The van der Waals surface area contributed by atoms with Gasteiger partial charge in [0, 0.05) is 11.7 Å². The molecule has 0 radical (unpaired) electrons. The summed E-state index contributed by atoms with van der Waals surface area (Å²) < 4.78 is 0. The van der Waals surface area contributed by atoms with Crippen LogP contribution in [0.15, 0.2) is 25.1 Å². The first kappa shape index (κ1) is 10.2. The smallest absolute Gasteiger partial charge is 0.00737 e. The van der Waals surface area contributed by atoms with E-state index in [1.54, 1.807) is 6.20 Å². The first-order valence-electron chi connectivity index (χ1n) is 3.93. The van der Waals surface area contributed by atoms with Crippen LogP contribution in [0.3, 0.4) is 0 Å². The monoisotopic (exact) mass is 154 g/mol. The molecule has 0 aromatic rings. The highest BCUT2D eigenvalue weighted by atomic mass is 14.9. The van der Waals surface area contributed by atoms with Crippen LogP contribution >= 0.6 is 0 Å². The van der Waals surface area contributed by atoms with E-state index in [1.807, 2.05) is 7.05 Å². The van der Waals surface area contributed by atoms with E-state index < -0.39 is 0 Å². The largest absolute Gasteiger partial charge is 0.366 e. The third-order valence-corrected chi connectivity index (χ3v) is 1.68. The Balaban J connectivity index is 3.37. The number of hydrogen-bond acceptors (Lipinski definition) is 2. The predicted molar refractivity (Wildman–Crippen MR) is 50.2 cm³/mol. The molecule has 0 aliphatic rings. The van der Waals surface area contributed by atoms with Gasteiger partial charge in [0.25, 0.3) is 0 Å². The minimum Gasteiger partial charge on any atom is -0.366 e. The lowest BCUT2D eigenvalue weighted by Gasteiger charge is -2.10. The molecular weight excluding hydrogens is 136 g/mol. The summed E-state index contributed by atoms with van der Waals surface area (Å²) in [6.07, 6.45) is 3.76. The molecule has 1 unspecified atom stereocenters. The van der Waals surface area contributed by atoms with Crippen LogP contribution in [0.25, 0.3) is 0 Å². The Morgan fingerprint density at radius 1 is 1.64 bits per heavy atom. The number of rotatable bonds is 6. The second-order valence-electron chi connectivity index (χ2n) is 2.68. The Hall–Kier alpha value is -0.760. The number of hydrogen-bond donors (Lipinski definition) is 2. The summed E-state index contributed by atoms with van der Waals surface area (Å²) in [6.45, 7) is 9.55. The SMILES string of the molecule is C=CNC(=C)CCC(C)NC. The fourth-order valence-electron chi connectivity index (χ4n) is 0.752. The fourth-order valence-corrected chi connectivity index (χ4v) is 0.752. The van der Waals surface area contributed by atoms with E-state index in [0.29, 0.717) is 6.04 Å². The Morgan fingerprint density at radius 2 is 2.27 bits per heavy atom. The van der Waals surface area contributed by atoms with Gasteiger partial charge in [0.1, 0.15) is 0 Å². The maximum absolute atomic E-state index is 3.84. The lowest BCUT2D eigenvalue weighted by molar-refractivity contribution is 0.558. The van der Waals surface area contributed by atoms with E-state index >= 15 is 0 Å². The molecule has 2 heteroatoms. The maximum atomic E-state index is 3.84. The zero-order valence-electron chi connectivity index (χ0n) is 7.48. The van der Waals surface area contributed by atoms with E-state index in [4.69, 9.17) is 0 Å². The molecule has 0 rings (SSSR count). The normalized spacial score (nSPS) is 12.2. The molecule has 0 aliphatic heterocycles. The van der Waals surface area contributed by atoms with Gasteiger partial charge in [0.05, 0.1) is 0 Å². The number of allylic oxidation sites excluding steroid dienone is 1. The van der Waals surface area contributed by atoms with Crippen LogP contribution in [0.4, 0.5) is 0 Å². The Labute approximate surface area is 69.4 Å². The highest BCUT2D eigenvalue weighted by molar-refractivity contribution is 4.95. The molecule has 64 valence electrons. The third-order valence-electron chi connectivity index (χ3n) is 1.68. The van der Waals surface area contributed by atoms with Crippen molar-refractivity contribution in [1.82, 2.24) is 10.6 Å². The van der Waals surface area contributed by atoms with E-state index in [9.17, 15) is 0 Å². The summed E-state index contributed by atoms with van der Waals surface area (Å²) in [6, 6.07) is 0.554. The van der Waals surface area contributed by atoms with Gasteiger partial charge in [0.2, 0.25) is 0 Å². The van der Waals surface area contributed by atoms with E-state index in [-0.39, 0.29) is 0 Å². The van der Waals surface area contributed by atoms with E-state index in [1.165, 1.54) is 0 Å². The molecule has 2 N–H and O–H groups in total. The van der Waals surface area contributed by atoms with Gasteiger partial charge >= 0.3 is 0 Å². The Bertz CT molecular complexity index is 130. The van der Waals surface area contributed by atoms with Crippen molar-refractivity contribution < 1.29 is 0 Å². The van der Waals surface area contributed by atoms with Crippen LogP contribution in [0.5, 0.6) is 0 Å². The lowest BCUT2D eigenvalue weighted by Crippen LogP contribution is -2.21. The van der Waals surface area contributed by atoms with Crippen LogP contribution in [-0.4, -0.2) is 13.1 Å². The molecule has 0 aliphatic carbocycles. The molecule has 0 fully saturated rings. The van der Waals surface area contributed by atoms with Crippen LogP contribution in [0.2, 0.25) is 0 Å². The highest BCUT2D eigenvalue weighted by Gasteiger charge is 1.97. The minimum atomic E-state index is 0.554. The van der Waals surface area contributed by atoms with Crippen molar-refractivity contribution in [3.05, 3.63) is 25.1 Å². The van der Waals surface area contributed by atoms with Crippen LogP contribution in [0.1, 0.15) is 19.8 Å². The summed E-state index contributed by atoms with van der Waals surface area (Å²) in [5.41, 5.74) is 1.03. The van der Waals surface area contributed by atoms with Crippen LogP contribution in [0, 0.1) is 0 Å². The van der Waals surface area contributed by atoms with Gasteiger partial charge in [-0.3, -0.25) is 0 Å². The molecule has 0 saturated carbocycles. The first-order chi connectivity index (χ1) is 5.20. The maximum Gasteiger partial charge on any atom is 0.00737 e. The standard InChI is InChI=1S/C9H18N2/c1-5-11-9(3)7-6-8(2)10-4/h5,8,10-11H,1,3,6-7H2,2,4H3. The quantitative estimate of drug-likeness (QED) is 0.607. The fraction of sp³-hybridized carbons (Fsp3) is 0.556. The van der Waals surface area contributed by atoms with Gasteiger partial charge in [0.15, 0.2) is 0 Å². The molecule has 0 amide bonds. The zero-order valence-corrected chi connectivity index (χ0v) is 7.48. The molecule has 0 aromatic carbocycles. The van der Waals surface area contributed by atoms with Crippen molar-refractivity contribution in [3.8, 4) is 0 Å². The molecule has 0 spiro atoms. The zero-order chi connectivity index (χ0) is 8.69. The summed E-state index contributed by atoms with van der Waals surface area (Å²) >= 11 is 0. The second-order valence-corrected chi connectivity index (χ2v) is 2.68. The molecule has 0 heterocycles. The summed E-state index contributed by atoms with van der Waals surface area (Å²) in [7, 11) is 1.97. The van der Waals surface area contributed by atoms with Crippen LogP contribution < -0.4 is 10.6 Å². The number of nitrogens with one attached hydrogen (secondary N) is 2. The van der Waals surface area contributed by atoms with Crippen molar-refractivity contribution in [1.29, 1.82) is 0 Å². The first-order valence-corrected chi connectivity index (χ1v) is 3.93. The summed E-state index contributed by atoms with van der Waals surface area (Å²) in [4.78, 5) is 0. The van der Waals surface area contributed by atoms with Crippen molar-refractivity contribution in [3.63, 3.8) is 0 Å². The second kappa shape index (κ2) is 5.98. The summed E-state index contributed by atoms with van der Waals surface area (Å²) in [5, 5.41) is 6.13. The van der Waals surface area contributed by atoms with Gasteiger partial charge in [-0.25, -0.2) is 0 Å². The van der Waals surface area contributed by atoms with Gasteiger partial charge in [-0.15, -0.1) is 0 Å². The molecule has 1 atom stereocenters. The summed E-state index contributed by atoms with van der Waals surface area (Å²) in [5.74, 6) is 0. The minimum absolute atomic E-state index is 0.554. The van der Waals surface area contributed by atoms with Crippen molar-refractivity contribution in [2.75, 3.05) is 7.05 Å². The molecule has 0 bridgehead atoms. The van der Waals surface area contributed by atoms with Gasteiger partial charge in [-0.2, -0.15) is 0 Å². The Morgan fingerprint density at radius 3 is 2.73 bits per heavy atom. The average Bonchev–Trinajstić information content (AvgIpc) is 2.01. The third kappa shape index (κ3) is 5.67. The van der Waals surface area contributed by atoms with Gasteiger partial charge in [-0.1, -0.05) is 13.2 Å². The molecule has 11 heavy (non-hydrogen) atoms. The van der Waals surface area contributed by atoms with Crippen molar-refractivity contribution >= 4 is 0 Å². The molecule has 2 nitrogen and oxygen atoms in total. The highest BCUT2D eigenvalue weighted by Crippen LogP contribution is 2.01. The topological polar surface area (TPSA) is 24.1 Å². The Kier molecular flexibility index (Phi) is 5.57.